The predicted molar refractivity (Wildman–Crippen MR) is 128 cm³/mol. The van der Waals surface area contributed by atoms with Gasteiger partial charge in [-0.25, -0.2) is 0 Å². The normalized spacial score (nSPS) is 14.0. The van der Waals surface area contributed by atoms with Gasteiger partial charge in [0.25, 0.3) is 5.91 Å². The van der Waals surface area contributed by atoms with Crippen LogP contribution in [0.3, 0.4) is 0 Å². The van der Waals surface area contributed by atoms with Crippen molar-refractivity contribution in [3.05, 3.63) is 30.1 Å². The minimum atomic E-state index is -0.752. The highest BCUT2D eigenvalue weighted by atomic mass is 16.2. The SMILES string of the molecule is CC(C)C[C@H](CNC(=O)c1ccncc1)C(=O)N[C@@H](CC(C)C)C(=O)N[C@H](C=O)CC(C)C. The molecule has 0 spiro atoms. The van der Waals surface area contributed by atoms with Gasteiger partial charge in [-0.15, -0.1) is 0 Å². The Hall–Kier alpha value is -2.77. The molecule has 33 heavy (non-hydrogen) atoms. The van der Waals surface area contributed by atoms with Crippen molar-refractivity contribution in [3.63, 3.8) is 0 Å². The van der Waals surface area contributed by atoms with E-state index in [9.17, 15) is 19.2 Å². The van der Waals surface area contributed by atoms with Crippen molar-refractivity contribution in [1.82, 2.24) is 20.9 Å². The van der Waals surface area contributed by atoms with Gasteiger partial charge in [-0.2, -0.15) is 0 Å². The summed E-state index contributed by atoms with van der Waals surface area (Å²) in [6.45, 7) is 12.1. The second-order valence-corrected chi connectivity index (χ2v) is 9.84. The molecule has 0 aromatic carbocycles. The Bertz CT molecular complexity index is 765. The van der Waals surface area contributed by atoms with Gasteiger partial charge in [0.1, 0.15) is 12.3 Å². The summed E-state index contributed by atoms with van der Waals surface area (Å²) in [4.78, 5) is 53.7. The highest BCUT2D eigenvalue weighted by Gasteiger charge is 2.28. The molecule has 3 N–H and O–H groups in total. The number of carbonyl (C=O) groups excluding carboxylic acids is 4. The number of aldehydes is 1. The van der Waals surface area contributed by atoms with Crippen molar-refractivity contribution in [2.45, 2.75) is 72.9 Å². The van der Waals surface area contributed by atoms with E-state index in [0.717, 1.165) is 6.29 Å². The number of amides is 3. The lowest BCUT2D eigenvalue weighted by Crippen LogP contribution is -2.53. The van der Waals surface area contributed by atoms with Gasteiger partial charge in [-0.05, 0) is 49.1 Å². The first kappa shape index (κ1) is 28.3. The fraction of sp³-hybridized carbons (Fsp3) is 0.640. The van der Waals surface area contributed by atoms with Crippen LogP contribution in [0, 0.1) is 23.7 Å². The molecule has 184 valence electrons. The zero-order valence-electron chi connectivity index (χ0n) is 20.8. The van der Waals surface area contributed by atoms with E-state index in [2.05, 4.69) is 20.9 Å². The molecule has 1 aromatic rings. The standard InChI is InChI=1S/C25H40N4O4/c1-16(2)11-20(14-27-23(31)19-7-9-26-10-8-19)24(32)29-22(13-18(5)6)25(33)28-21(15-30)12-17(3)4/h7-10,15-18,20-22H,11-14H2,1-6H3,(H,27,31)(H,28,33)(H,29,32)/t20-,21+,22+/m1/s1. The smallest absolute Gasteiger partial charge is 0.251 e. The molecule has 1 aromatic heterocycles. The van der Waals surface area contributed by atoms with Gasteiger partial charge >= 0.3 is 0 Å². The minimum absolute atomic E-state index is 0.158. The molecule has 1 rings (SSSR count). The van der Waals surface area contributed by atoms with E-state index in [-0.39, 0.29) is 42.0 Å². The van der Waals surface area contributed by atoms with Crippen molar-refractivity contribution in [3.8, 4) is 0 Å². The molecule has 1 heterocycles. The number of rotatable bonds is 14. The maximum atomic E-state index is 13.1. The number of carbonyl (C=O) groups is 4. The Morgan fingerprint density at radius 2 is 1.42 bits per heavy atom. The number of hydrogen-bond donors (Lipinski definition) is 3. The third-order valence-corrected chi connectivity index (χ3v) is 5.14. The van der Waals surface area contributed by atoms with Crippen molar-refractivity contribution in [2.75, 3.05) is 6.54 Å². The van der Waals surface area contributed by atoms with E-state index in [1.165, 1.54) is 12.4 Å². The molecular weight excluding hydrogens is 420 g/mol. The molecule has 0 saturated heterocycles. The number of hydrogen-bond acceptors (Lipinski definition) is 5. The summed E-state index contributed by atoms with van der Waals surface area (Å²) >= 11 is 0. The second-order valence-electron chi connectivity index (χ2n) is 9.84. The summed E-state index contributed by atoms with van der Waals surface area (Å²) < 4.78 is 0. The summed E-state index contributed by atoms with van der Waals surface area (Å²) in [6, 6.07) is 1.88. The van der Waals surface area contributed by atoms with E-state index >= 15 is 0 Å². The van der Waals surface area contributed by atoms with Crippen LogP contribution < -0.4 is 16.0 Å². The van der Waals surface area contributed by atoms with Gasteiger partial charge in [0.05, 0.1) is 12.0 Å². The van der Waals surface area contributed by atoms with Gasteiger partial charge in [0.15, 0.2) is 0 Å². The van der Waals surface area contributed by atoms with Crippen LogP contribution in [0.1, 0.15) is 71.2 Å². The summed E-state index contributed by atoms with van der Waals surface area (Å²) in [6.07, 6.45) is 5.35. The maximum absolute atomic E-state index is 13.1. The summed E-state index contributed by atoms with van der Waals surface area (Å²) in [5, 5.41) is 8.45. The molecule has 0 radical (unpaired) electrons. The minimum Gasteiger partial charge on any atom is -0.351 e. The highest BCUT2D eigenvalue weighted by molar-refractivity contribution is 5.94. The van der Waals surface area contributed by atoms with Gasteiger partial charge in [0.2, 0.25) is 11.8 Å². The number of nitrogens with zero attached hydrogens (tertiary/aromatic N) is 1. The summed E-state index contributed by atoms with van der Waals surface area (Å²) in [5.74, 6) is -0.783. The van der Waals surface area contributed by atoms with Gasteiger partial charge in [-0.1, -0.05) is 41.5 Å². The third-order valence-electron chi connectivity index (χ3n) is 5.14. The molecule has 0 aliphatic heterocycles. The molecule has 0 fully saturated rings. The monoisotopic (exact) mass is 460 g/mol. The lowest BCUT2D eigenvalue weighted by Gasteiger charge is -2.26. The highest BCUT2D eigenvalue weighted by Crippen LogP contribution is 2.14. The van der Waals surface area contributed by atoms with E-state index in [1.807, 2.05) is 41.5 Å². The molecule has 0 aliphatic rings. The largest absolute Gasteiger partial charge is 0.351 e. The first-order valence-corrected chi connectivity index (χ1v) is 11.8. The average molecular weight is 461 g/mol. The fourth-order valence-electron chi connectivity index (χ4n) is 3.61. The fourth-order valence-corrected chi connectivity index (χ4v) is 3.61. The van der Waals surface area contributed by atoms with Gasteiger partial charge < -0.3 is 20.7 Å². The van der Waals surface area contributed by atoms with E-state index in [4.69, 9.17) is 0 Å². The van der Waals surface area contributed by atoms with Crippen LogP contribution in [-0.4, -0.2) is 47.6 Å². The Morgan fingerprint density at radius 3 is 1.94 bits per heavy atom. The van der Waals surface area contributed by atoms with Crippen LogP contribution in [0.15, 0.2) is 24.5 Å². The molecule has 0 aliphatic carbocycles. The van der Waals surface area contributed by atoms with Crippen molar-refractivity contribution >= 4 is 24.0 Å². The molecule has 3 atom stereocenters. The van der Waals surface area contributed by atoms with Crippen LogP contribution in [0.5, 0.6) is 0 Å². The molecule has 0 saturated carbocycles. The van der Waals surface area contributed by atoms with Gasteiger partial charge in [0, 0.05) is 24.5 Å². The zero-order valence-corrected chi connectivity index (χ0v) is 20.8. The number of aromatic nitrogens is 1. The van der Waals surface area contributed by atoms with Gasteiger partial charge in [-0.3, -0.25) is 19.4 Å². The van der Waals surface area contributed by atoms with Crippen LogP contribution in [0.4, 0.5) is 0 Å². The Labute approximate surface area is 197 Å². The zero-order chi connectivity index (χ0) is 25.0. The lowest BCUT2D eigenvalue weighted by atomic mass is 9.94. The Balaban J connectivity index is 2.88. The first-order chi connectivity index (χ1) is 15.5. The molecule has 0 bridgehead atoms. The molecule has 8 nitrogen and oxygen atoms in total. The van der Waals surface area contributed by atoms with E-state index in [1.54, 1.807) is 12.1 Å². The predicted octanol–water partition coefficient (Wildman–Crippen LogP) is 2.73. The van der Waals surface area contributed by atoms with Crippen LogP contribution >= 0.6 is 0 Å². The number of pyridine rings is 1. The molecular formula is C25H40N4O4. The van der Waals surface area contributed by atoms with Crippen LogP contribution in [0.2, 0.25) is 0 Å². The van der Waals surface area contributed by atoms with E-state index in [0.29, 0.717) is 24.8 Å². The average Bonchev–Trinajstić information content (AvgIpc) is 2.74. The molecule has 3 amide bonds. The van der Waals surface area contributed by atoms with Crippen LogP contribution in [-0.2, 0) is 14.4 Å². The number of nitrogens with one attached hydrogen (secondary N) is 3. The topological polar surface area (TPSA) is 117 Å². The van der Waals surface area contributed by atoms with Crippen molar-refractivity contribution in [1.29, 1.82) is 0 Å². The van der Waals surface area contributed by atoms with E-state index < -0.39 is 18.0 Å². The third kappa shape index (κ3) is 11.1. The Kier molecular flexibility index (Phi) is 12.3. The first-order valence-electron chi connectivity index (χ1n) is 11.8. The second kappa shape index (κ2) is 14.4. The lowest BCUT2D eigenvalue weighted by molar-refractivity contribution is -0.132. The van der Waals surface area contributed by atoms with Crippen molar-refractivity contribution < 1.29 is 19.2 Å². The quantitative estimate of drug-likeness (QED) is 0.369. The van der Waals surface area contributed by atoms with Crippen molar-refractivity contribution in [2.24, 2.45) is 23.7 Å². The summed E-state index contributed by atoms with van der Waals surface area (Å²) in [5.41, 5.74) is 0.468. The van der Waals surface area contributed by atoms with Crippen LogP contribution in [0.25, 0.3) is 0 Å². The molecule has 8 heteroatoms. The Morgan fingerprint density at radius 1 is 0.848 bits per heavy atom. The maximum Gasteiger partial charge on any atom is 0.251 e. The molecule has 0 unspecified atom stereocenters. The summed E-state index contributed by atoms with van der Waals surface area (Å²) in [7, 11) is 0.